The minimum absolute atomic E-state index is 0.181. The van der Waals surface area contributed by atoms with Gasteiger partial charge in [0.2, 0.25) is 0 Å². The van der Waals surface area contributed by atoms with Crippen LogP contribution in [-0.2, 0) is 18.6 Å². The quantitative estimate of drug-likeness (QED) is 0.229. The molecule has 3 aromatic carbocycles. The van der Waals surface area contributed by atoms with Crippen LogP contribution < -0.4 is 18.9 Å². The van der Waals surface area contributed by atoms with Crippen molar-refractivity contribution in [2.24, 2.45) is 11.8 Å². The molecule has 45 heavy (non-hydrogen) atoms. The molecule has 6 nitrogen and oxygen atoms in total. The van der Waals surface area contributed by atoms with Gasteiger partial charge in [0.15, 0.2) is 23.0 Å². The number of ether oxygens (including phenoxy) is 4. The molecule has 3 aromatic rings. The van der Waals surface area contributed by atoms with E-state index in [-0.39, 0.29) is 6.04 Å². The fraction of sp³-hybridized carbons (Fsp3) is 0.486. The zero-order chi connectivity index (χ0) is 31.5. The molecule has 1 saturated heterocycles. The van der Waals surface area contributed by atoms with E-state index in [0.717, 1.165) is 84.8 Å². The van der Waals surface area contributed by atoms with Gasteiger partial charge in [-0.3, -0.25) is 4.90 Å². The van der Waals surface area contributed by atoms with Gasteiger partial charge in [-0.2, -0.15) is 0 Å². The van der Waals surface area contributed by atoms with Crippen molar-refractivity contribution in [3.63, 3.8) is 0 Å². The minimum Gasteiger partial charge on any atom is -0.493 e. The second-order valence-corrected chi connectivity index (χ2v) is 14.0. The molecule has 0 bridgehead atoms. The van der Waals surface area contributed by atoms with Crippen molar-refractivity contribution in [1.82, 2.24) is 9.80 Å². The summed E-state index contributed by atoms with van der Waals surface area (Å²) in [4.78, 5) is 5.30. The fourth-order valence-corrected chi connectivity index (χ4v) is 9.19. The van der Waals surface area contributed by atoms with Gasteiger partial charge in [0.1, 0.15) is 4.32 Å². The Morgan fingerprint density at radius 1 is 0.800 bits per heavy atom. The molecule has 0 aliphatic carbocycles. The van der Waals surface area contributed by atoms with Crippen LogP contribution >= 0.6 is 24.0 Å². The Kier molecular flexibility index (Phi) is 10.1. The van der Waals surface area contributed by atoms with E-state index in [1.807, 2.05) is 0 Å². The maximum atomic E-state index is 6.27. The molecule has 240 valence electrons. The van der Waals surface area contributed by atoms with Gasteiger partial charge < -0.3 is 23.8 Å². The topological polar surface area (TPSA) is 43.4 Å². The summed E-state index contributed by atoms with van der Waals surface area (Å²) in [5, 5.41) is 0. The molecule has 0 amide bonds. The van der Waals surface area contributed by atoms with Gasteiger partial charge in [-0.25, -0.2) is 0 Å². The Labute approximate surface area is 278 Å². The van der Waals surface area contributed by atoms with Crippen molar-refractivity contribution in [3.8, 4) is 23.0 Å². The Balaban J connectivity index is 1.36. The van der Waals surface area contributed by atoms with Crippen LogP contribution in [0.3, 0.4) is 0 Å². The van der Waals surface area contributed by atoms with Crippen molar-refractivity contribution in [1.29, 1.82) is 0 Å². The first-order chi connectivity index (χ1) is 22.0. The maximum absolute atomic E-state index is 6.27. The lowest BCUT2D eigenvalue weighted by Gasteiger charge is -2.45. The summed E-state index contributed by atoms with van der Waals surface area (Å²) in [6, 6.07) is 20.1. The van der Waals surface area contributed by atoms with E-state index in [4.69, 9.17) is 31.2 Å². The van der Waals surface area contributed by atoms with E-state index < -0.39 is 0 Å². The molecule has 4 atom stereocenters. The van der Waals surface area contributed by atoms with E-state index in [1.165, 1.54) is 27.8 Å². The average Bonchev–Trinajstić information content (AvgIpc) is 3.28. The number of benzene rings is 3. The van der Waals surface area contributed by atoms with E-state index in [9.17, 15) is 0 Å². The first-order valence-electron chi connectivity index (χ1n) is 16.2. The van der Waals surface area contributed by atoms with Crippen LogP contribution in [0.5, 0.6) is 23.0 Å². The lowest BCUT2D eigenvalue weighted by Crippen LogP contribution is -2.44. The predicted octanol–water partition coefficient (Wildman–Crippen LogP) is 7.87. The Bertz CT molecular complexity index is 1500. The highest BCUT2D eigenvalue weighted by Gasteiger charge is 2.43. The second kappa shape index (κ2) is 14.2. The van der Waals surface area contributed by atoms with Gasteiger partial charge in [0.25, 0.3) is 0 Å². The van der Waals surface area contributed by atoms with Gasteiger partial charge in [-0.15, -0.1) is 0 Å². The Hall–Kier alpha value is -2.94. The van der Waals surface area contributed by atoms with E-state index in [2.05, 4.69) is 71.3 Å². The van der Waals surface area contributed by atoms with Crippen LogP contribution in [0.25, 0.3) is 0 Å². The summed E-state index contributed by atoms with van der Waals surface area (Å²) in [5.74, 6) is 5.09. The van der Waals surface area contributed by atoms with Crippen LogP contribution in [0, 0.1) is 11.8 Å². The smallest absolute Gasteiger partial charge is 0.161 e. The molecule has 6 rings (SSSR count). The van der Waals surface area contributed by atoms with Crippen LogP contribution in [0.1, 0.15) is 66.1 Å². The summed E-state index contributed by atoms with van der Waals surface area (Å²) in [6.45, 7) is 5.43. The molecule has 4 unspecified atom stereocenters. The fourth-order valence-electron chi connectivity index (χ4n) is 7.95. The van der Waals surface area contributed by atoms with E-state index in [0.29, 0.717) is 17.9 Å². The molecule has 3 aliphatic rings. The normalized spacial score (nSPS) is 22.8. The number of thioether (sulfide) groups is 1. The van der Waals surface area contributed by atoms with Gasteiger partial charge >= 0.3 is 0 Å². The molecule has 1 fully saturated rings. The van der Waals surface area contributed by atoms with Crippen molar-refractivity contribution >= 4 is 28.3 Å². The standard InChI is InChI=1S/C37H46N2O4S2/c1-6-25-22-38-16-14-26-18-32(40-2)34(42-4)20-29(26)31(38)13-12-28(25)36-30-21-35(43-5)33(41-3)19-27(30)15-17-39(36)37(44)45-23-24-10-8-7-9-11-24/h7-11,18-21,25,28,31,36H,6,12-17,22-23H2,1-5H3. The molecular weight excluding hydrogens is 601 g/mol. The van der Waals surface area contributed by atoms with E-state index >= 15 is 0 Å². The summed E-state index contributed by atoms with van der Waals surface area (Å²) in [5.41, 5.74) is 6.78. The van der Waals surface area contributed by atoms with Crippen molar-refractivity contribution in [3.05, 3.63) is 82.4 Å². The summed E-state index contributed by atoms with van der Waals surface area (Å²) < 4.78 is 24.0. The average molecular weight is 647 g/mol. The highest BCUT2D eigenvalue weighted by atomic mass is 32.2. The number of hydrogen-bond donors (Lipinski definition) is 0. The van der Waals surface area contributed by atoms with E-state index in [1.54, 1.807) is 40.2 Å². The van der Waals surface area contributed by atoms with Crippen LogP contribution in [0.2, 0.25) is 0 Å². The molecule has 3 heterocycles. The highest BCUT2D eigenvalue weighted by Crippen LogP contribution is 2.50. The van der Waals surface area contributed by atoms with Gasteiger partial charge in [-0.1, -0.05) is 67.7 Å². The first kappa shape index (κ1) is 32.0. The molecule has 0 saturated carbocycles. The molecule has 8 heteroatoms. The van der Waals surface area contributed by atoms with Gasteiger partial charge in [0, 0.05) is 31.4 Å². The molecule has 0 spiro atoms. The minimum atomic E-state index is 0.181. The number of hydrogen-bond acceptors (Lipinski definition) is 7. The number of methoxy groups -OCH3 is 4. The zero-order valence-electron chi connectivity index (χ0n) is 27.2. The SMILES string of the molecule is CCC1CN2CCc3cc(OC)c(OC)cc3C2CCC1C1c2cc(OC)c(OC)cc2CCN1C(=S)SCc1ccccc1. The lowest BCUT2D eigenvalue weighted by molar-refractivity contribution is 0.126. The Morgan fingerprint density at radius 2 is 1.40 bits per heavy atom. The van der Waals surface area contributed by atoms with Gasteiger partial charge in [0.05, 0.1) is 34.5 Å². The van der Waals surface area contributed by atoms with Crippen LogP contribution in [0.15, 0.2) is 54.6 Å². The third-order valence-electron chi connectivity index (χ3n) is 10.3. The van der Waals surface area contributed by atoms with Crippen molar-refractivity contribution in [2.45, 2.75) is 56.9 Å². The predicted molar refractivity (Wildman–Crippen MR) is 187 cm³/mol. The second-order valence-electron chi connectivity index (χ2n) is 12.4. The van der Waals surface area contributed by atoms with Gasteiger partial charge in [-0.05, 0) is 89.6 Å². The molecule has 3 aliphatic heterocycles. The third kappa shape index (κ3) is 6.38. The number of rotatable bonds is 8. The lowest BCUT2D eigenvalue weighted by atomic mass is 9.75. The maximum Gasteiger partial charge on any atom is 0.161 e. The van der Waals surface area contributed by atoms with Crippen LogP contribution in [-0.4, -0.2) is 62.2 Å². The number of nitrogens with zero attached hydrogens (tertiary/aromatic N) is 2. The number of thiocarbonyl (C=S) groups is 1. The Morgan fingerprint density at radius 3 is 2.04 bits per heavy atom. The summed E-state index contributed by atoms with van der Waals surface area (Å²) in [7, 11) is 6.92. The molecule has 0 radical (unpaired) electrons. The largest absolute Gasteiger partial charge is 0.493 e. The highest BCUT2D eigenvalue weighted by molar-refractivity contribution is 8.22. The van der Waals surface area contributed by atoms with Crippen LogP contribution in [0.4, 0.5) is 0 Å². The van der Waals surface area contributed by atoms with Crippen molar-refractivity contribution in [2.75, 3.05) is 48.1 Å². The molecule has 0 N–H and O–H groups in total. The summed E-state index contributed by atoms with van der Waals surface area (Å²) >= 11 is 8.06. The monoisotopic (exact) mass is 646 g/mol. The molecular formula is C37H46N2O4S2. The first-order valence-corrected chi connectivity index (χ1v) is 17.6. The van der Waals surface area contributed by atoms with Crippen molar-refractivity contribution < 1.29 is 18.9 Å². The third-order valence-corrected chi connectivity index (χ3v) is 11.8. The zero-order valence-corrected chi connectivity index (χ0v) is 28.8. The summed E-state index contributed by atoms with van der Waals surface area (Å²) in [6.07, 6.45) is 5.31. The molecule has 0 aromatic heterocycles. The number of fused-ring (bicyclic) bond motifs is 4.